The zero-order valence-corrected chi connectivity index (χ0v) is 14.9. The second kappa shape index (κ2) is 9.53. The average Bonchev–Trinajstić information content (AvgIpc) is 3.13. The van der Waals surface area contributed by atoms with Crippen molar-refractivity contribution >= 4 is 11.9 Å². The molecule has 1 aromatic carbocycles. The van der Waals surface area contributed by atoms with Gasteiger partial charge in [-0.05, 0) is 69.9 Å². The zero-order chi connectivity index (χ0) is 18.2. The molecule has 0 radical (unpaired) electrons. The third-order valence-corrected chi connectivity index (χ3v) is 5.05. The zero-order valence-electron chi connectivity index (χ0n) is 14.9. The molecule has 2 heterocycles. The van der Waals surface area contributed by atoms with Gasteiger partial charge in [-0.2, -0.15) is 0 Å². The fourth-order valence-electron chi connectivity index (χ4n) is 3.58. The highest BCUT2D eigenvalue weighted by Crippen LogP contribution is 2.22. The van der Waals surface area contributed by atoms with E-state index in [-0.39, 0.29) is 0 Å². The van der Waals surface area contributed by atoms with Crippen LogP contribution in [-0.4, -0.2) is 64.2 Å². The van der Waals surface area contributed by atoms with Crippen LogP contribution in [0.1, 0.15) is 36.8 Å². The molecule has 2 aliphatic rings. The summed E-state index contributed by atoms with van der Waals surface area (Å²) in [5, 5.41) is 14.8. The van der Waals surface area contributed by atoms with Crippen LogP contribution in [0.15, 0.2) is 24.3 Å². The molecule has 2 N–H and O–H groups in total. The van der Waals surface area contributed by atoms with E-state index in [0.29, 0.717) is 0 Å². The molecule has 138 valence electrons. The van der Waals surface area contributed by atoms with Gasteiger partial charge in [-0.3, -0.25) is 4.90 Å². The largest absolute Gasteiger partial charge is 0.473 e. The number of likely N-dealkylation sites (tertiary alicyclic amines) is 2. The molecule has 6 nitrogen and oxygen atoms in total. The first kappa shape index (κ1) is 19.4. The lowest BCUT2D eigenvalue weighted by Crippen LogP contribution is -2.43. The van der Waals surface area contributed by atoms with Gasteiger partial charge >= 0.3 is 11.9 Å². The van der Waals surface area contributed by atoms with E-state index in [1.807, 2.05) is 0 Å². The van der Waals surface area contributed by atoms with Crippen LogP contribution in [0.25, 0.3) is 0 Å². The first-order valence-corrected chi connectivity index (χ1v) is 8.94. The minimum absolute atomic E-state index is 0.871. The van der Waals surface area contributed by atoms with Gasteiger partial charge in [0.1, 0.15) is 0 Å². The number of aryl methyl sites for hydroxylation is 1. The first-order chi connectivity index (χ1) is 12.0. The van der Waals surface area contributed by atoms with Crippen molar-refractivity contribution in [3.05, 3.63) is 35.4 Å². The Morgan fingerprint density at radius 2 is 1.56 bits per heavy atom. The van der Waals surface area contributed by atoms with E-state index in [0.717, 1.165) is 12.6 Å². The molecular formula is C19H28N2O4. The summed E-state index contributed by atoms with van der Waals surface area (Å²) in [5.74, 6) is -3.65. The van der Waals surface area contributed by atoms with Gasteiger partial charge in [-0.1, -0.05) is 24.3 Å². The average molecular weight is 348 g/mol. The molecule has 3 rings (SSSR count). The molecule has 0 unspecified atom stereocenters. The van der Waals surface area contributed by atoms with Gasteiger partial charge in [0.25, 0.3) is 0 Å². The highest BCUT2D eigenvalue weighted by Gasteiger charge is 2.26. The highest BCUT2D eigenvalue weighted by atomic mass is 16.4. The molecule has 2 saturated heterocycles. The molecule has 1 aromatic rings. The number of carboxylic acid groups (broad SMARTS) is 2. The number of benzene rings is 1. The second-order valence-corrected chi connectivity index (χ2v) is 6.79. The van der Waals surface area contributed by atoms with E-state index < -0.39 is 11.9 Å². The summed E-state index contributed by atoms with van der Waals surface area (Å²) in [6.45, 7) is 8.61. The van der Waals surface area contributed by atoms with Gasteiger partial charge in [-0.15, -0.1) is 0 Å². The monoisotopic (exact) mass is 348 g/mol. The summed E-state index contributed by atoms with van der Waals surface area (Å²) in [5.41, 5.74) is 2.94. The normalized spacial score (nSPS) is 19.2. The lowest BCUT2D eigenvalue weighted by molar-refractivity contribution is -0.159. The quantitative estimate of drug-likeness (QED) is 0.815. The van der Waals surface area contributed by atoms with Gasteiger partial charge in [0.05, 0.1) is 0 Å². The molecule has 0 spiro atoms. The number of hydrogen-bond donors (Lipinski definition) is 2. The third kappa shape index (κ3) is 6.14. The van der Waals surface area contributed by atoms with E-state index in [2.05, 4.69) is 41.0 Å². The van der Waals surface area contributed by atoms with Crippen LogP contribution in [0.4, 0.5) is 0 Å². The summed E-state index contributed by atoms with van der Waals surface area (Å²) in [4.78, 5) is 23.6. The number of rotatable bonds is 3. The summed E-state index contributed by atoms with van der Waals surface area (Å²) in [6, 6.07) is 9.68. The van der Waals surface area contributed by atoms with E-state index >= 15 is 0 Å². The molecule has 0 saturated carbocycles. The number of piperidine rings is 1. The van der Waals surface area contributed by atoms with Crippen LogP contribution >= 0.6 is 0 Å². The number of nitrogens with zero attached hydrogens (tertiary/aromatic N) is 2. The van der Waals surface area contributed by atoms with Crippen molar-refractivity contribution in [1.29, 1.82) is 0 Å². The predicted octanol–water partition coefficient (Wildman–Crippen LogP) is 2.21. The number of carbonyl (C=O) groups is 2. The minimum Gasteiger partial charge on any atom is -0.473 e. The van der Waals surface area contributed by atoms with Crippen molar-refractivity contribution in [2.24, 2.45) is 0 Å². The van der Waals surface area contributed by atoms with Gasteiger partial charge in [0.2, 0.25) is 0 Å². The first-order valence-electron chi connectivity index (χ1n) is 8.94. The molecular weight excluding hydrogens is 320 g/mol. The molecule has 6 heteroatoms. The van der Waals surface area contributed by atoms with Gasteiger partial charge < -0.3 is 15.1 Å². The van der Waals surface area contributed by atoms with Crippen LogP contribution in [-0.2, 0) is 16.1 Å². The van der Waals surface area contributed by atoms with Crippen LogP contribution in [0.3, 0.4) is 0 Å². The Labute approximate surface area is 149 Å². The SMILES string of the molecule is Cc1ccccc1CN1CCC(N2CCCC2)CC1.O=C(O)C(=O)O. The summed E-state index contributed by atoms with van der Waals surface area (Å²) >= 11 is 0. The van der Waals surface area contributed by atoms with E-state index in [1.54, 1.807) is 0 Å². The van der Waals surface area contributed by atoms with Crippen molar-refractivity contribution in [2.75, 3.05) is 26.2 Å². The van der Waals surface area contributed by atoms with Crippen LogP contribution in [0.5, 0.6) is 0 Å². The maximum absolute atomic E-state index is 9.10. The van der Waals surface area contributed by atoms with Crippen LogP contribution < -0.4 is 0 Å². The molecule has 2 fully saturated rings. The van der Waals surface area contributed by atoms with Crippen molar-refractivity contribution in [2.45, 2.75) is 45.2 Å². The van der Waals surface area contributed by atoms with Gasteiger partial charge in [-0.25, -0.2) is 9.59 Å². The number of hydrogen-bond acceptors (Lipinski definition) is 4. The summed E-state index contributed by atoms with van der Waals surface area (Å²) < 4.78 is 0. The van der Waals surface area contributed by atoms with Crippen LogP contribution in [0.2, 0.25) is 0 Å². The highest BCUT2D eigenvalue weighted by molar-refractivity contribution is 6.27. The van der Waals surface area contributed by atoms with Crippen molar-refractivity contribution in [1.82, 2.24) is 9.80 Å². The Morgan fingerprint density at radius 1 is 1.00 bits per heavy atom. The maximum Gasteiger partial charge on any atom is 0.414 e. The van der Waals surface area contributed by atoms with Crippen LogP contribution in [0, 0.1) is 6.92 Å². The molecule has 0 aromatic heterocycles. The molecule has 0 bridgehead atoms. The van der Waals surface area contributed by atoms with Gasteiger partial charge in [0.15, 0.2) is 0 Å². The molecule has 25 heavy (non-hydrogen) atoms. The Kier molecular flexibility index (Phi) is 7.40. The second-order valence-electron chi connectivity index (χ2n) is 6.79. The van der Waals surface area contributed by atoms with E-state index in [4.69, 9.17) is 19.8 Å². The molecule has 2 aliphatic heterocycles. The lowest BCUT2D eigenvalue weighted by atomic mass is 10.0. The maximum atomic E-state index is 9.10. The third-order valence-electron chi connectivity index (χ3n) is 5.05. The standard InChI is InChI=1S/C17H26N2.C2H2O4/c1-15-6-2-3-7-16(15)14-18-12-8-17(9-13-18)19-10-4-5-11-19;3-1(4)2(5)6/h2-3,6-7,17H,4-5,8-14H2,1H3;(H,3,4)(H,5,6). The van der Waals surface area contributed by atoms with Crippen molar-refractivity contribution in [3.8, 4) is 0 Å². The fourth-order valence-corrected chi connectivity index (χ4v) is 3.58. The minimum atomic E-state index is -1.82. The summed E-state index contributed by atoms with van der Waals surface area (Å²) in [7, 11) is 0. The Morgan fingerprint density at radius 3 is 2.08 bits per heavy atom. The van der Waals surface area contributed by atoms with E-state index in [9.17, 15) is 0 Å². The smallest absolute Gasteiger partial charge is 0.414 e. The number of aliphatic carboxylic acids is 2. The Bertz CT molecular complexity index is 565. The molecule has 0 atom stereocenters. The topological polar surface area (TPSA) is 81.1 Å². The number of carboxylic acids is 2. The fraction of sp³-hybridized carbons (Fsp3) is 0.579. The Hall–Kier alpha value is -1.92. The van der Waals surface area contributed by atoms with Crippen molar-refractivity contribution in [3.63, 3.8) is 0 Å². The van der Waals surface area contributed by atoms with Crippen molar-refractivity contribution < 1.29 is 19.8 Å². The molecule has 0 amide bonds. The molecule has 0 aliphatic carbocycles. The Balaban J connectivity index is 0.000000326. The van der Waals surface area contributed by atoms with E-state index in [1.165, 1.54) is 63.0 Å². The predicted molar refractivity (Wildman–Crippen MR) is 95.6 cm³/mol. The summed E-state index contributed by atoms with van der Waals surface area (Å²) in [6.07, 6.45) is 5.57. The van der Waals surface area contributed by atoms with Gasteiger partial charge in [0, 0.05) is 12.6 Å². The lowest BCUT2D eigenvalue weighted by Gasteiger charge is -2.36.